The zero-order valence-corrected chi connectivity index (χ0v) is 11.6. The molecule has 0 bridgehead atoms. The van der Waals surface area contributed by atoms with Crippen LogP contribution in [0.4, 0.5) is 0 Å². The number of carbonyl (C=O) groups is 1. The van der Waals surface area contributed by atoms with Crippen molar-refractivity contribution >= 4 is 39.8 Å². The summed E-state index contributed by atoms with van der Waals surface area (Å²) in [4.78, 5) is 19.4. The molecule has 5 nitrogen and oxygen atoms in total. The van der Waals surface area contributed by atoms with Crippen LogP contribution in [0.25, 0.3) is 22.1 Å². The normalized spacial score (nSPS) is 11.2. The van der Waals surface area contributed by atoms with E-state index in [9.17, 15) is 4.79 Å². The minimum absolute atomic E-state index is 0.0927. The van der Waals surface area contributed by atoms with Gasteiger partial charge in [-0.3, -0.25) is 4.79 Å². The van der Waals surface area contributed by atoms with E-state index in [1.54, 1.807) is 0 Å². The number of hydrogen-bond donors (Lipinski definition) is 1. The Morgan fingerprint density at radius 3 is 2.95 bits per heavy atom. The molecule has 0 saturated carbocycles. The average molecular weight is 288 g/mol. The smallest absolute Gasteiger partial charge is 0.304 e. The van der Waals surface area contributed by atoms with E-state index in [-0.39, 0.29) is 6.42 Å². The summed E-state index contributed by atoms with van der Waals surface area (Å²) in [5, 5.41) is 10.4. The summed E-state index contributed by atoms with van der Waals surface area (Å²) < 4.78 is 5.80. The Morgan fingerprint density at radius 1 is 1.35 bits per heavy atom. The summed E-state index contributed by atoms with van der Waals surface area (Å²) in [7, 11) is 0. The van der Waals surface area contributed by atoms with Crippen molar-refractivity contribution in [3.8, 4) is 0 Å². The molecule has 102 valence electrons. The lowest BCUT2D eigenvalue weighted by molar-refractivity contribution is -0.136. The summed E-state index contributed by atoms with van der Waals surface area (Å²) in [6.07, 6.45) is 0.0927. The number of nitrogens with zero attached hydrogens (tertiary/aromatic N) is 2. The number of benzene rings is 1. The Kier molecular flexibility index (Phi) is 3.31. The van der Waals surface area contributed by atoms with Gasteiger partial charge in [-0.15, -0.1) is 11.8 Å². The molecule has 20 heavy (non-hydrogen) atoms. The van der Waals surface area contributed by atoms with Crippen molar-refractivity contribution in [2.24, 2.45) is 0 Å². The molecule has 2 aromatic heterocycles. The molecular formula is C14H12N2O3S. The van der Waals surface area contributed by atoms with E-state index in [0.29, 0.717) is 22.2 Å². The van der Waals surface area contributed by atoms with Gasteiger partial charge in [-0.05, 0) is 19.1 Å². The number of aryl methyl sites for hydroxylation is 1. The Labute approximate surface area is 119 Å². The molecule has 0 saturated heterocycles. The van der Waals surface area contributed by atoms with Gasteiger partial charge in [-0.25, -0.2) is 9.97 Å². The van der Waals surface area contributed by atoms with E-state index >= 15 is 0 Å². The van der Waals surface area contributed by atoms with Crippen LogP contribution in [0.5, 0.6) is 0 Å². The highest BCUT2D eigenvalue weighted by Crippen LogP contribution is 2.33. The summed E-state index contributed by atoms with van der Waals surface area (Å²) in [6, 6.07) is 7.69. The van der Waals surface area contributed by atoms with Crippen molar-refractivity contribution in [1.82, 2.24) is 9.97 Å². The second kappa shape index (κ2) is 5.13. The number of carboxylic acids is 1. The van der Waals surface area contributed by atoms with Crippen LogP contribution in [-0.2, 0) is 4.79 Å². The topological polar surface area (TPSA) is 76.2 Å². The third-order valence-electron chi connectivity index (χ3n) is 2.86. The maximum atomic E-state index is 10.6. The van der Waals surface area contributed by atoms with Crippen molar-refractivity contribution in [2.45, 2.75) is 18.4 Å². The predicted molar refractivity (Wildman–Crippen MR) is 77.0 cm³/mol. The van der Waals surface area contributed by atoms with Crippen LogP contribution in [0.2, 0.25) is 0 Å². The van der Waals surface area contributed by atoms with Crippen LogP contribution < -0.4 is 0 Å². The van der Waals surface area contributed by atoms with Gasteiger partial charge in [0.1, 0.15) is 22.0 Å². The lowest BCUT2D eigenvalue weighted by Crippen LogP contribution is -1.97. The molecule has 0 radical (unpaired) electrons. The van der Waals surface area contributed by atoms with Gasteiger partial charge in [-0.2, -0.15) is 0 Å². The highest BCUT2D eigenvalue weighted by molar-refractivity contribution is 7.99. The minimum atomic E-state index is -0.816. The average Bonchev–Trinajstić information content (AvgIpc) is 2.77. The van der Waals surface area contributed by atoms with Crippen LogP contribution in [0.3, 0.4) is 0 Å². The molecule has 0 aliphatic rings. The standard InChI is InChI=1S/C14H12N2O3S/c1-8-15-12-9-4-2-3-5-10(9)19-13(12)14(16-8)20-7-6-11(17)18/h2-5H,6-7H2,1H3,(H,17,18). The minimum Gasteiger partial charge on any atom is -0.481 e. The fourth-order valence-corrected chi connectivity index (χ4v) is 2.94. The highest BCUT2D eigenvalue weighted by Gasteiger charge is 2.14. The molecule has 2 heterocycles. The summed E-state index contributed by atoms with van der Waals surface area (Å²) in [6.45, 7) is 1.82. The first kappa shape index (κ1) is 12.9. The van der Waals surface area contributed by atoms with Crippen LogP contribution in [0.15, 0.2) is 33.7 Å². The predicted octanol–water partition coefficient (Wildman–Crippen LogP) is 3.25. The number of rotatable bonds is 4. The molecule has 1 N–H and O–H groups in total. The third kappa shape index (κ3) is 2.34. The molecule has 1 aromatic carbocycles. The van der Waals surface area contributed by atoms with Gasteiger partial charge in [0, 0.05) is 11.1 Å². The first-order valence-corrected chi connectivity index (χ1v) is 7.14. The van der Waals surface area contributed by atoms with E-state index in [1.165, 1.54) is 11.8 Å². The molecule has 0 fully saturated rings. The largest absolute Gasteiger partial charge is 0.481 e. The van der Waals surface area contributed by atoms with E-state index in [1.807, 2.05) is 31.2 Å². The van der Waals surface area contributed by atoms with Crippen LogP contribution in [0.1, 0.15) is 12.2 Å². The van der Waals surface area contributed by atoms with E-state index in [2.05, 4.69) is 9.97 Å². The molecule has 6 heteroatoms. The van der Waals surface area contributed by atoms with Gasteiger partial charge in [-0.1, -0.05) is 12.1 Å². The number of furan rings is 1. The monoisotopic (exact) mass is 288 g/mol. The first-order chi connectivity index (χ1) is 9.65. The van der Waals surface area contributed by atoms with Crippen LogP contribution >= 0.6 is 11.8 Å². The number of fused-ring (bicyclic) bond motifs is 3. The van der Waals surface area contributed by atoms with E-state index in [0.717, 1.165) is 16.5 Å². The number of thioether (sulfide) groups is 1. The maximum Gasteiger partial charge on any atom is 0.304 e. The highest BCUT2D eigenvalue weighted by atomic mass is 32.2. The molecule has 0 amide bonds. The van der Waals surface area contributed by atoms with Gasteiger partial charge in [0.2, 0.25) is 0 Å². The second-order valence-corrected chi connectivity index (χ2v) is 5.43. The van der Waals surface area contributed by atoms with Gasteiger partial charge < -0.3 is 9.52 Å². The van der Waals surface area contributed by atoms with Gasteiger partial charge in [0.25, 0.3) is 0 Å². The zero-order valence-electron chi connectivity index (χ0n) is 10.8. The Balaban J connectivity index is 2.09. The summed E-state index contributed by atoms with van der Waals surface area (Å²) >= 11 is 1.38. The Morgan fingerprint density at radius 2 is 2.15 bits per heavy atom. The lowest BCUT2D eigenvalue weighted by atomic mass is 10.2. The summed E-state index contributed by atoms with van der Waals surface area (Å²) in [5.74, 6) is 0.295. The van der Waals surface area contributed by atoms with Gasteiger partial charge >= 0.3 is 5.97 Å². The molecule has 0 atom stereocenters. The quantitative estimate of drug-likeness (QED) is 0.586. The molecule has 0 aliphatic heterocycles. The van der Waals surface area contributed by atoms with Gasteiger partial charge in [0.05, 0.1) is 6.42 Å². The van der Waals surface area contributed by atoms with Crippen molar-refractivity contribution in [3.05, 3.63) is 30.1 Å². The number of hydrogen-bond acceptors (Lipinski definition) is 5. The van der Waals surface area contributed by atoms with Gasteiger partial charge in [0.15, 0.2) is 5.58 Å². The van der Waals surface area contributed by atoms with Crippen molar-refractivity contribution in [1.29, 1.82) is 0 Å². The van der Waals surface area contributed by atoms with Crippen LogP contribution in [-0.4, -0.2) is 26.8 Å². The number of carboxylic acid groups (broad SMARTS) is 1. The lowest BCUT2D eigenvalue weighted by Gasteiger charge is -2.01. The fourth-order valence-electron chi connectivity index (χ4n) is 2.01. The molecule has 0 aliphatic carbocycles. The molecule has 0 spiro atoms. The molecule has 0 unspecified atom stereocenters. The second-order valence-electron chi connectivity index (χ2n) is 4.34. The Bertz CT molecular complexity index is 798. The van der Waals surface area contributed by atoms with Crippen molar-refractivity contribution < 1.29 is 14.3 Å². The van der Waals surface area contributed by atoms with Crippen molar-refractivity contribution in [3.63, 3.8) is 0 Å². The SMILES string of the molecule is Cc1nc(SCCC(=O)O)c2oc3ccccc3c2n1. The van der Waals surface area contributed by atoms with E-state index in [4.69, 9.17) is 9.52 Å². The fraction of sp³-hybridized carbons (Fsp3) is 0.214. The third-order valence-corrected chi connectivity index (χ3v) is 3.81. The van der Waals surface area contributed by atoms with Crippen LogP contribution in [0, 0.1) is 6.92 Å². The van der Waals surface area contributed by atoms with Crippen molar-refractivity contribution in [2.75, 3.05) is 5.75 Å². The number of para-hydroxylation sites is 1. The molecule has 3 aromatic rings. The van der Waals surface area contributed by atoms with E-state index < -0.39 is 5.97 Å². The first-order valence-electron chi connectivity index (χ1n) is 6.15. The maximum absolute atomic E-state index is 10.6. The number of aliphatic carboxylic acids is 1. The molecular weight excluding hydrogens is 276 g/mol. The molecule has 3 rings (SSSR count). The summed E-state index contributed by atoms with van der Waals surface area (Å²) in [5.41, 5.74) is 2.18. The Hall–Kier alpha value is -2.08. The number of aromatic nitrogens is 2. The zero-order chi connectivity index (χ0) is 14.1.